The van der Waals surface area contributed by atoms with Crippen molar-refractivity contribution < 1.29 is 27.5 Å². The predicted octanol–water partition coefficient (Wildman–Crippen LogP) is 5.42. The largest absolute Gasteiger partial charge is 0.417 e. The van der Waals surface area contributed by atoms with Crippen molar-refractivity contribution >= 4 is 44.7 Å². The van der Waals surface area contributed by atoms with E-state index in [4.69, 9.17) is 0 Å². The molecule has 194 valence electrons. The van der Waals surface area contributed by atoms with E-state index in [0.29, 0.717) is 37.7 Å². The standard InChI is InChI=1S/C24H27F4N5O2S/c1-13(23(2,35)24(26,27)28)10-30-22(34)15-11-29-21(9-19(15)33-17-5-3-4-16(17)25)32-14-6-7-18-20(8-14)36-12-31-18/h6-9,11-13,16-17,35H,3-5,10H2,1-2H3,(H,30,34)(H2,29,32,33). The minimum Gasteiger partial charge on any atom is -0.380 e. The molecule has 2 aromatic heterocycles. The topological polar surface area (TPSA) is 99.2 Å². The number of halogens is 4. The molecule has 1 saturated carbocycles. The number of amides is 1. The number of fused-ring (bicyclic) bond motifs is 1. The summed E-state index contributed by atoms with van der Waals surface area (Å²) < 4.78 is 54.7. The number of nitrogens with zero attached hydrogens (tertiary/aromatic N) is 2. The molecule has 3 aromatic rings. The van der Waals surface area contributed by atoms with Crippen molar-refractivity contribution in [2.75, 3.05) is 17.2 Å². The van der Waals surface area contributed by atoms with Crippen molar-refractivity contribution in [2.45, 2.75) is 57.1 Å². The number of benzene rings is 1. The van der Waals surface area contributed by atoms with Gasteiger partial charge in [-0.2, -0.15) is 13.2 Å². The van der Waals surface area contributed by atoms with Crippen LogP contribution in [-0.2, 0) is 0 Å². The number of aromatic nitrogens is 2. The highest BCUT2D eigenvalue weighted by molar-refractivity contribution is 7.16. The number of alkyl halides is 4. The summed E-state index contributed by atoms with van der Waals surface area (Å²) >= 11 is 1.49. The number of aliphatic hydroxyl groups is 1. The lowest BCUT2D eigenvalue weighted by molar-refractivity contribution is -0.269. The van der Waals surface area contributed by atoms with Gasteiger partial charge in [-0.15, -0.1) is 11.3 Å². The van der Waals surface area contributed by atoms with Crippen LogP contribution in [0.1, 0.15) is 43.5 Å². The Hall–Kier alpha value is -2.99. The Kier molecular flexibility index (Phi) is 7.37. The normalized spacial score (nSPS) is 20.6. The van der Waals surface area contributed by atoms with Gasteiger partial charge in [0.1, 0.15) is 12.0 Å². The highest BCUT2D eigenvalue weighted by Gasteiger charge is 2.53. The molecule has 1 aromatic carbocycles. The maximum absolute atomic E-state index is 14.3. The van der Waals surface area contributed by atoms with Gasteiger partial charge in [-0.3, -0.25) is 4.79 Å². The summed E-state index contributed by atoms with van der Waals surface area (Å²) in [6, 6.07) is 6.68. The Morgan fingerprint density at radius 3 is 2.72 bits per heavy atom. The number of nitrogens with one attached hydrogen (secondary N) is 3. The first-order valence-corrected chi connectivity index (χ1v) is 12.4. The van der Waals surface area contributed by atoms with Crippen LogP contribution >= 0.6 is 11.3 Å². The summed E-state index contributed by atoms with van der Waals surface area (Å²) in [6.45, 7) is 1.45. The van der Waals surface area contributed by atoms with Crippen LogP contribution in [-0.4, -0.2) is 51.5 Å². The zero-order chi connectivity index (χ0) is 26.1. The molecule has 1 amide bonds. The fourth-order valence-corrected chi connectivity index (χ4v) is 4.72. The summed E-state index contributed by atoms with van der Waals surface area (Å²) in [5.41, 5.74) is 0.755. The van der Waals surface area contributed by atoms with Crippen LogP contribution in [0.3, 0.4) is 0 Å². The van der Waals surface area contributed by atoms with Crippen molar-refractivity contribution in [3.05, 3.63) is 41.5 Å². The zero-order valence-electron chi connectivity index (χ0n) is 19.7. The number of hydrogen-bond acceptors (Lipinski definition) is 7. The highest BCUT2D eigenvalue weighted by Crippen LogP contribution is 2.36. The Morgan fingerprint density at radius 2 is 2.03 bits per heavy atom. The lowest BCUT2D eigenvalue weighted by atomic mass is 9.90. The molecule has 4 N–H and O–H groups in total. The summed E-state index contributed by atoms with van der Waals surface area (Å²) in [5, 5.41) is 18.5. The fourth-order valence-electron chi connectivity index (χ4n) is 4.00. The Labute approximate surface area is 209 Å². The average Bonchev–Trinajstić information content (AvgIpc) is 3.45. The molecule has 0 radical (unpaired) electrons. The van der Waals surface area contributed by atoms with Crippen LogP contribution in [0.4, 0.5) is 34.8 Å². The van der Waals surface area contributed by atoms with E-state index in [9.17, 15) is 27.5 Å². The molecule has 0 spiro atoms. The molecule has 7 nitrogen and oxygen atoms in total. The van der Waals surface area contributed by atoms with E-state index >= 15 is 0 Å². The number of rotatable bonds is 8. The lowest BCUT2D eigenvalue weighted by Crippen LogP contribution is -2.51. The van der Waals surface area contributed by atoms with Crippen LogP contribution in [0.5, 0.6) is 0 Å². The Balaban J connectivity index is 1.54. The van der Waals surface area contributed by atoms with Gasteiger partial charge in [0.2, 0.25) is 0 Å². The number of carbonyl (C=O) groups excluding carboxylic acids is 1. The molecule has 1 fully saturated rings. The van der Waals surface area contributed by atoms with Crippen molar-refractivity contribution in [3.63, 3.8) is 0 Å². The summed E-state index contributed by atoms with van der Waals surface area (Å²) in [6.07, 6.45) is -2.94. The SMILES string of the molecule is CC(CNC(=O)c1cnc(Nc2ccc3ncsc3c2)cc1NC1CCCC1F)C(C)(O)C(F)(F)F. The van der Waals surface area contributed by atoms with Crippen LogP contribution < -0.4 is 16.0 Å². The Morgan fingerprint density at radius 1 is 1.25 bits per heavy atom. The fraction of sp³-hybridized carbons (Fsp3) is 0.458. The first kappa shape index (κ1) is 26.1. The van der Waals surface area contributed by atoms with Crippen LogP contribution in [0.25, 0.3) is 10.2 Å². The highest BCUT2D eigenvalue weighted by atomic mass is 32.1. The molecular formula is C24H27F4N5O2S. The van der Waals surface area contributed by atoms with E-state index in [2.05, 4.69) is 25.9 Å². The third kappa shape index (κ3) is 5.54. The van der Waals surface area contributed by atoms with Gasteiger partial charge in [0.05, 0.1) is 33.0 Å². The summed E-state index contributed by atoms with van der Waals surface area (Å²) in [5.74, 6) is -1.58. The maximum Gasteiger partial charge on any atom is 0.417 e. The second-order valence-corrected chi connectivity index (χ2v) is 10.1. The molecule has 2 heterocycles. The molecule has 1 aliphatic rings. The number of thiazole rings is 1. The summed E-state index contributed by atoms with van der Waals surface area (Å²) in [7, 11) is 0. The van der Waals surface area contributed by atoms with Crippen molar-refractivity contribution in [1.29, 1.82) is 0 Å². The van der Waals surface area contributed by atoms with Crippen LogP contribution in [0.2, 0.25) is 0 Å². The second-order valence-electron chi connectivity index (χ2n) is 9.23. The quantitative estimate of drug-likeness (QED) is 0.293. The van der Waals surface area contributed by atoms with E-state index in [1.165, 1.54) is 24.5 Å². The van der Waals surface area contributed by atoms with Gasteiger partial charge in [-0.25, -0.2) is 14.4 Å². The first-order valence-electron chi connectivity index (χ1n) is 11.5. The van der Waals surface area contributed by atoms with Crippen molar-refractivity contribution in [3.8, 4) is 0 Å². The van der Waals surface area contributed by atoms with Gasteiger partial charge >= 0.3 is 6.18 Å². The smallest absolute Gasteiger partial charge is 0.380 e. The van der Waals surface area contributed by atoms with Gasteiger partial charge in [0.25, 0.3) is 5.91 Å². The van der Waals surface area contributed by atoms with E-state index in [1.807, 2.05) is 18.2 Å². The minimum absolute atomic E-state index is 0.0661. The first-order chi connectivity index (χ1) is 17.0. The second kappa shape index (κ2) is 10.2. The molecule has 4 rings (SSSR count). The van der Waals surface area contributed by atoms with E-state index in [1.54, 1.807) is 11.6 Å². The average molecular weight is 526 g/mol. The number of carbonyl (C=O) groups is 1. The van der Waals surface area contributed by atoms with E-state index in [0.717, 1.165) is 15.9 Å². The van der Waals surface area contributed by atoms with Crippen LogP contribution in [0.15, 0.2) is 36.0 Å². The minimum atomic E-state index is -4.85. The molecule has 4 unspecified atom stereocenters. The zero-order valence-corrected chi connectivity index (χ0v) is 20.5. The predicted molar refractivity (Wildman–Crippen MR) is 131 cm³/mol. The maximum atomic E-state index is 14.3. The van der Waals surface area contributed by atoms with E-state index < -0.39 is 42.4 Å². The van der Waals surface area contributed by atoms with Gasteiger partial charge in [-0.05, 0) is 44.4 Å². The molecule has 0 aliphatic heterocycles. The van der Waals surface area contributed by atoms with Gasteiger partial charge in [-0.1, -0.05) is 6.92 Å². The monoisotopic (exact) mass is 525 g/mol. The van der Waals surface area contributed by atoms with Crippen molar-refractivity contribution in [1.82, 2.24) is 15.3 Å². The van der Waals surface area contributed by atoms with Crippen molar-refractivity contribution in [2.24, 2.45) is 5.92 Å². The van der Waals surface area contributed by atoms with Gasteiger partial charge < -0.3 is 21.1 Å². The third-order valence-corrected chi connectivity index (χ3v) is 7.42. The van der Waals surface area contributed by atoms with Gasteiger partial charge in [0, 0.05) is 30.4 Å². The molecule has 36 heavy (non-hydrogen) atoms. The molecule has 1 aliphatic carbocycles. The molecular weight excluding hydrogens is 498 g/mol. The Bertz CT molecular complexity index is 1230. The van der Waals surface area contributed by atoms with Crippen LogP contribution in [0, 0.1) is 5.92 Å². The molecule has 12 heteroatoms. The summed E-state index contributed by atoms with van der Waals surface area (Å²) in [4.78, 5) is 21.4. The number of hydrogen-bond donors (Lipinski definition) is 4. The molecule has 0 saturated heterocycles. The molecule has 0 bridgehead atoms. The number of pyridine rings is 1. The third-order valence-electron chi connectivity index (χ3n) is 6.63. The van der Waals surface area contributed by atoms with E-state index in [-0.39, 0.29) is 5.56 Å². The number of anilines is 3. The molecule has 4 atom stereocenters. The van der Waals surface area contributed by atoms with Gasteiger partial charge in [0.15, 0.2) is 5.60 Å². The lowest BCUT2D eigenvalue weighted by Gasteiger charge is -2.32.